The van der Waals surface area contributed by atoms with Crippen LogP contribution in [0.25, 0.3) is 10.9 Å². The van der Waals surface area contributed by atoms with E-state index in [4.69, 9.17) is 9.72 Å². The predicted molar refractivity (Wildman–Crippen MR) is 121 cm³/mol. The monoisotopic (exact) mass is 433 g/mol. The van der Waals surface area contributed by atoms with Crippen LogP contribution < -0.4 is 15.4 Å². The molecule has 2 fully saturated rings. The second kappa shape index (κ2) is 8.32. The first kappa shape index (κ1) is 20.0. The summed E-state index contributed by atoms with van der Waals surface area (Å²) in [7, 11) is 0. The van der Waals surface area contributed by atoms with E-state index in [0.717, 1.165) is 59.1 Å². The van der Waals surface area contributed by atoms with Gasteiger partial charge < -0.3 is 10.1 Å². The molecule has 158 valence electrons. The molecule has 7 heteroatoms. The summed E-state index contributed by atoms with van der Waals surface area (Å²) in [5.41, 5.74) is 2.69. The van der Waals surface area contributed by atoms with E-state index in [-0.39, 0.29) is 21.9 Å². The fraction of sp³-hybridized carbons (Fsp3) is 0.292. The van der Waals surface area contributed by atoms with Crippen molar-refractivity contribution in [3.05, 3.63) is 71.9 Å². The molecule has 31 heavy (non-hydrogen) atoms. The van der Waals surface area contributed by atoms with Crippen molar-refractivity contribution in [2.45, 2.75) is 30.1 Å². The maximum atomic E-state index is 11.8. The first-order valence-electron chi connectivity index (χ1n) is 10.5. The van der Waals surface area contributed by atoms with Crippen molar-refractivity contribution in [3.8, 4) is 5.75 Å². The Labute approximate surface area is 184 Å². The molecule has 2 aromatic carbocycles. The van der Waals surface area contributed by atoms with Crippen LogP contribution in [0, 0.1) is 0 Å². The molecule has 0 spiro atoms. The minimum Gasteiger partial charge on any atom is -0.491 e. The second-order valence-electron chi connectivity index (χ2n) is 8.02. The second-order valence-corrected chi connectivity index (χ2v) is 9.20. The quantitative estimate of drug-likeness (QED) is 0.616. The van der Waals surface area contributed by atoms with E-state index in [9.17, 15) is 9.59 Å². The van der Waals surface area contributed by atoms with E-state index in [1.807, 2.05) is 42.5 Å². The van der Waals surface area contributed by atoms with Gasteiger partial charge in [0.05, 0.1) is 22.0 Å². The molecule has 3 heterocycles. The Hall–Kier alpha value is -2.90. The van der Waals surface area contributed by atoms with Crippen LogP contribution in [0.3, 0.4) is 0 Å². The van der Waals surface area contributed by atoms with Gasteiger partial charge in [-0.05, 0) is 55.6 Å². The highest BCUT2D eigenvalue weighted by atomic mass is 32.2. The molecule has 6 nitrogen and oxygen atoms in total. The van der Waals surface area contributed by atoms with Crippen molar-refractivity contribution in [1.82, 2.24) is 15.6 Å². The molecule has 0 aliphatic carbocycles. The summed E-state index contributed by atoms with van der Waals surface area (Å²) in [5, 5.41) is 6.45. The summed E-state index contributed by atoms with van der Waals surface area (Å²) >= 11 is 1.05. The zero-order valence-corrected chi connectivity index (χ0v) is 17.8. The Kier molecular flexibility index (Phi) is 5.38. The lowest BCUT2D eigenvalue weighted by Gasteiger charge is -2.29. The Morgan fingerprint density at radius 2 is 1.90 bits per heavy atom. The van der Waals surface area contributed by atoms with Gasteiger partial charge in [0.25, 0.3) is 5.24 Å². The Balaban J connectivity index is 1.29. The number of para-hydroxylation sites is 1. The standard InChI is InChI=1S/C24H23N3O3S/c28-22-20(31-23(29)27-22)14-16-6-9-18(10-7-16)30-15-24(12-3-13-25-24)21-11-8-17-4-1-2-5-19(17)26-21/h1-2,4-11,20,25H,3,12-15H2,(H,27,28,29)/t20?,24-/m0/s1. The molecule has 2 amide bonds. The third-order valence-corrected chi connectivity index (χ3v) is 6.91. The molecule has 1 aromatic heterocycles. The van der Waals surface area contributed by atoms with Gasteiger partial charge in [-0.15, -0.1) is 0 Å². The number of hydrogen-bond acceptors (Lipinski definition) is 6. The summed E-state index contributed by atoms with van der Waals surface area (Å²) in [4.78, 5) is 28.0. The SMILES string of the molecule is O=C1NC(=O)C(Cc2ccc(OC[C@]3(c4ccc5ccccc5n4)CCCN3)cc2)S1. The molecule has 1 unspecified atom stereocenters. The molecule has 5 rings (SSSR count). The van der Waals surface area contributed by atoms with Crippen molar-refractivity contribution in [2.24, 2.45) is 0 Å². The Morgan fingerprint density at radius 1 is 1.06 bits per heavy atom. The lowest BCUT2D eigenvalue weighted by Crippen LogP contribution is -2.43. The van der Waals surface area contributed by atoms with Crippen LogP contribution >= 0.6 is 11.8 Å². The summed E-state index contributed by atoms with van der Waals surface area (Å²) in [6.07, 6.45) is 2.57. The van der Waals surface area contributed by atoms with E-state index < -0.39 is 0 Å². The van der Waals surface area contributed by atoms with Gasteiger partial charge in [0.15, 0.2) is 0 Å². The molecule has 0 saturated carbocycles. The van der Waals surface area contributed by atoms with Gasteiger partial charge in [-0.3, -0.25) is 19.9 Å². The minimum absolute atomic E-state index is 0.215. The number of imide groups is 1. The van der Waals surface area contributed by atoms with E-state index in [1.165, 1.54) is 0 Å². The highest BCUT2D eigenvalue weighted by Gasteiger charge is 2.38. The Morgan fingerprint density at radius 3 is 2.65 bits per heavy atom. The van der Waals surface area contributed by atoms with Crippen molar-refractivity contribution in [2.75, 3.05) is 13.2 Å². The van der Waals surface area contributed by atoms with Gasteiger partial charge in [0.1, 0.15) is 12.4 Å². The third kappa shape index (κ3) is 4.16. The maximum Gasteiger partial charge on any atom is 0.286 e. The largest absolute Gasteiger partial charge is 0.491 e. The average Bonchev–Trinajstić information content (AvgIpc) is 3.40. The molecule has 2 saturated heterocycles. The molecule has 3 aromatic rings. The number of nitrogens with one attached hydrogen (secondary N) is 2. The number of rotatable bonds is 6. The van der Waals surface area contributed by atoms with Crippen molar-refractivity contribution >= 4 is 33.8 Å². The van der Waals surface area contributed by atoms with Crippen LogP contribution in [0.1, 0.15) is 24.1 Å². The summed E-state index contributed by atoms with van der Waals surface area (Å²) < 4.78 is 6.18. The number of hydrogen-bond donors (Lipinski definition) is 2. The Bertz CT molecular complexity index is 1130. The topological polar surface area (TPSA) is 80.3 Å². The smallest absolute Gasteiger partial charge is 0.286 e. The molecule has 0 bridgehead atoms. The summed E-state index contributed by atoms with van der Waals surface area (Å²) in [5.74, 6) is 0.560. The van der Waals surface area contributed by atoms with E-state index >= 15 is 0 Å². The van der Waals surface area contributed by atoms with Gasteiger partial charge in [0, 0.05) is 5.39 Å². The van der Waals surface area contributed by atoms with Crippen molar-refractivity contribution in [1.29, 1.82) is 0 Å². The van der Waals surface area contributed by atoms with Gasteiger partial charge in [-0.25, -0.2) is 0 Å². The van der Waals surface area contributed by atoms with E-state index in [0.29, 0.717) is 13.0 Å². The van der Waals surface area contributed by atoms with Crippen molar-refractivity contribution < 1.29 is 14.3 Å². The number of ether oxygens (including phenoxy) is 1. The highest BCUT2D eigenvalue weighted by Crippen LogP contribution is 2.32. The minimum atomic E-state index is -0.357. The number of carbonyl (C=O) groups is 2. The van der Waals surface area contributed by atoms with Gasteiger partial charge >= 0.3 is 0 Å². The first-order valence-corrected chi connectivity index (χ1v) is 11.3. The molecule has 2 aliphatic heterocycles. The predicted octanol–water partition coefficient (Wildman–Crippen LogP) is 3.79. The lowest BCUT2D eigenvalue weighted by atomic mass is 9.93. The van der Waals surface area contributed by atoms with E-state index in [2.05, 4.69) is 28.8 Å². The number of carbonyl (C=O) groups excluding carboxylic acids is 2. The lowest BCUT2D eigenvalue weighted by molar-refractivity contribution is -0.118. The number of benzene rings is 2. The van der Waals surface area contributed by atoms with Crippen LogP contribution in [0.2, 0.25) is 0 Å². The fourth-order valence-electron chi connectivity index (χ4n) is 4.22. The number of fused-ring (bicyclic) bond motifs is 1. The third-order valence-electron chi connectivity index (χ3n) is 5.93. The highest BCUT2D eigenvalue weighted by molar-refractivity contribution is 8.15. The normalized spacial score (nSPS) is 23.3. The van der Waals surface area contributed by atoms with Gasteiger partial charge in [0.2, 0.25) is 5.91 Å². The average molecular weight is 434 g/mol. The molecular weight excluding hydrogens is 410 g/mol. The number of aromatic nitrogens is 1. The van der Waals surface area contributed by atoms with Crippen LogP contribution in [-0.4, -0.2) is 34.5 Å². The molecule has 2 N–H and O–H groups in total. The zero-order chi connectivity index (χ0) is 21.3. The molecule has 2 atom stereocenters. The number of pyridine rings is 1. The number of thioether (sulfide) groups is 1. The van der Waals surface area contributed by atoms with Crippen LogP contribution in [-0.2, 0) is 16.8 Å². The van der Waals surface area contributed by atoms with Crippen LogP contribution in [0.4, 0.5) is 4.79 Å². The molecule has 2 aliphatic rings. The maximum absolute atomic E-state index is 11.8. The summed E-state index contributed by atoms with van der Waals surface area (Å²) in [6, 6.07) is 20.1. The molecule has 0 radical (unpaired) electrons. The van der Waals surface area contributed by atoms with Crippen molar-refractivity contribution in [3.63, 3.8) is 0 Å². The molecular formula is C24H23N3O3S. The van der Waals surface area contributed by atoms with Crippen LogP contribution in [0.5, 0.6) is 5.75 Å². The van der Waals surface area contributed by atoms with Gasteiger partial charge in [-0.1, -0.05) is 48.2 Å². The number of amides is 2. The first-order chi connectivity index (χ1) is 15.1. The van der Waals surface area contributed by atoms with Crippen LogP contribution in [0.15, 0.2) is 60.7 Å². The van der Waals surface area contributed by atoms with Gasteiger partial charge in [-0.2, -0.15) is 0 Å². The zero-order valence-electron chi connectivity index (χ0n) is 17.0. The van der Waals surface area contributed by atoms with E-state index in [1.54, 1.807) is 0 Å². The fourth-order valence-corrected chi connectivity index (χ4v) is 5.08. The number of nitrogens with zero attached hydrogens (tertiary/aromatic N) is 1. The summed E-state index contributed by atoms with van der Waals surface area (Å²) in [6.45, 7) is 1.43.